The Labute approximate surface area is 82.9 Å². The van der Waals surface area contributed by atoms with Crippen LogP contribution in [-0.2, 0) is 14.3 Å². The van der Waals surface area contributed by atoms with Gasteiger partial charge in [-0.1, -0.05) is 0 Å². The molecule has 1 N–H and O–H groups in total. The van der Waals surface area contributed by atoms with E-state index in [0.717, 1.165) is 19.4 Å². The van der Waals surface area contributed by atoms with Crippen LogP contribution in [0.2, 0.25) is 0 Å². The standard InChI is InChI=1S/C10H15NO3/c1-13-7-4-10(7)9(8(12)14-2)3-6(9)5-11-10/h6-7,11H,3-5H2,1-2H3/t6-,7?,9?,10?/m0/s1. The average molecular weight is 197 g/mol. The molecule has 2 saturated carbocycles. The van der Waals surface area contributed by atoms with Crippen molar-refractivity contribution in [1.29, 1.82) is 0 Å². The molecule has 0 aromatic heterocycles. The van der Waals surface area contributed by atoms with Crippen LogP contribution in [0.5, 0.6) is 0 Å². The summed E-state index contributed by atoms with van der Waals surface area (Å²) in [5.74, 6) is 0.433. The number of hydrogen-bond acceptors (Lipinski definition) is 4. The van der Waals surface area contributed by atoms with E-state index in [-0.39, 0.29) is 23.0 Å². The Hall–Kier alpha value is -0.610. The van der Waals surface area contributed by atoms with Crippen LogP contribution < -0.4 is 5.32 Å². The van der Waals surface area contributed by atoms with Gasteiger partial charge in [0, 0.05) is 7.11 Å². The quantitative estimate of drug-likeness (QED) is 0.629. The predicted octanol–water partition coefficient (Wildman–Crippen LogP) is -0.0736. The van der Waals surface area contributed by atoms with E-state index in [4.69, 9.17) is 9.47 Å². The summed E-state index contributed by atoms with van der Waals surface area (Å²) in [6.07, 6.45) is 2.14. The molecule has 1 aliphatic heterocycles. The smallest absolute Gasteiger partial charge is 0.314 e. The molecule has 1 spiro atoms. The van der Waals surface area contributed by atoms with Crippen molar-refractivity contribution >= 4 is 5.97 Å². The second-order valence-corrected chi connectivity index (χ2v) is 4.64. The van der Waals surface area contributed by atoms with Crippen LogP contribution in [0.3, 0.4) is 0 Å². The average Bonchev–Trinajstić information content (AvgIpc) is 3.04. The minimum absolute atomic E-state index is 0.0490. The third-order valence-corrected chi connectivity index (χ3v) is 4.30. The molecule has 0 radical (unpaired) electrons. The molecule has 4 nitrogen and oxygen atoms in total. The highest BCUT2D eigenvalue weighted by atomic mass is 16.5. The van der Waals surface area contributed by atoms with E-state index in [9.17, 15) is 4.79 Å². The second-order valence-electron chi connectivity index (χ2n) is 4.64. The molecule has 78 valence electrons. The summed E-state index contributed by atoms with van der Waals surface area (Å²) in [7, 11) is 3.18. The number of rotatable bonds is 2. The molecule has 14 heavy (non-hydrogen) atoms. The van der Waals surface area contributed by atoms with E-state index in [1.165, 1.54) is 7.11 Å². The van der Waals surface area contributed by atoms with Gasteiger partial charge < -0.3 is 14.8 Å². The molecule has 2 aliphatic carbocycles. The number of nitrogens with one attached hydrogen (secondary N) is 1. The molecule has 3 unspecified atom stereocenters. The number of piperidine rings is 1. The lowest BCUT2D eigenvalue weighted by Crippen LogP contribution is -2.43. The monoisotopic (exact) mass is 197 g/mol. The summed E-state index contributed by atoms with van der Waals surface area (Å²) in [4.78, 5) is 11.8. The van der Waals surface area contributed by atoms with Crippen LogP contribution in [0.25, 0.3) is 0 Å². The lowest BCUT2D eigenvalue weighted by Gasteiger charge is -2.21. The summed E-state index contributed by atoms with van der Waals surface area (Å²) in [6.45, 7) is 0.939. The molecule has 1 heterocycles. The highest BCUT2D eigenvalue weighted by Crippen LogP contribution is 2.72. The SMILES string of the molecule is COC(=O)C12C[C@H]1CNC21CC1OC. The van der Waals surface area contributed by atoms with Gasteiger partial charge in [0.25, 0.3) is 0 Å². The number of esters is 1. The van der Waals surface area contributed by atoms with Crippen LogP contribution in [0.15, 0.2) is 0 Å². The Morgan fingerprint density at radius 1 is 1.43 bits per heavy atom. The molecule has 0 bridgehead atoms. The van der Waals surface area contributed by atoms with Crippen LogP contribution in [0.1, 0.15) is 12.8 Å². The first kappa shape index (κ1) is 8.68. The van der Waals surface area contributed by atoms with Crippen molar-refractivity contribution in [1.82, 2.24) is 5.32 Å². The van der Waals surface area contributed by atoms with E-state index >= 15 is 0 Å². The minimum atomic E-state index is -0.248. The van der Waals surface area contributed by atoms with Gasteiger partial charge in [-0.2, -0.15) is 0 Å². The molecule has 4 heteroatoms. The fraction of sp³-hybridized carbons (Fsp3) is 0.900. The molecule has 0 aromatic carbocycles. The largest absolute Gasteiger partial charge is 0.469 e. The number of carbonyl (C=O) groups is 1. The van der Waals surface area contributed by atoms with E-state index in [2.05, 4.69) is 5.32 Å². The zero-order valence-corrected chi connectivity index (χ0v) is 8.50. The number of hydrogen-bond donors (Lipinski definition) is 1. The van der Waals surface area contributed by atoms with Crippen molar-refractivity contribution in [2.75, 3.05) is 20.8 Å². The van der Waals surface area contributed by atoms with Crippen LogP contribution in [0.4, 0.5) is 0 Å². The van der Waals surface area contributed by atoms with Crippen molar-refractivity contribution in [2.45, 2.75) is 24.5 Å². The Kier molecular flexibility index (Phi) is 1.43. The Morgan fingerprint density at radius 3 is 2.71 bits per heavy atom. The first-order valence-corrected chi connectivity index (χ1v) is 5.07. The third kappa shape index (κ3) is 0.684. The predicted molar refractivity (Wildman–Crippen MR) is 48.7 cm³/mol. The molecule has 4 atom stereocenters. The van der Waals surface area contributed by atoms with Crippen molar-refractivity contribution in [3.63, 3.8) is 0 Å². The Morgan fingerprint density at radius 2 is 2.21 bits per heavy atom. The minimum Gasteiger partial charge on any atom is -0.469 e. The molecule has 3 fully saturated rings. The molecule has 0 amide bonds. The highest BCUT2D eigenvalue weighted by Gasteiger charge is 2.84. The first-order chi connectivity index (χ1) is 6.71. The fourth-order valence-corrected chi connectivity index (χ4v) is 3.37. The zero-order chi connectivity index (χ0) is 9.97. The van der Waals surface area contributed by atoms with Crippen molar-refractivity contribution in [3.8, 4) is 0 Å². The van der Waals surface area contributed by atoms with Crippen LogP contribution in [0, 0.1) is 11.3 Å². The van der Waals surface area contributed by atoms with E-state index < -0.39 is 0 Å². The topological polar surface area (TPSA) is 47.6 Å². The lowest BCUT2D eigenvalue weighted by atomic mass is 9.94. The van der Waals surface area contributed by atoms with Gasteiger partial charge in [-0.3, -0.25) is 4.79 Å². The number of carbonyl (C=O) groups excluding carboxylic acids is 1. The van der Waals surface area contributed by atoms with Crippen molar-refractivity contribution in [3.05, 3.63) is 0 Å². The molecule has 0 aromatic rings. The summed E-state index contributed by atoms with van der Waals surface area (Å²) in [5, 5.41) is 3.44. The van der Waals surface area contributed by atoms with Gasteiger partial charge in [-0.15, -0.1) is 0 Å². The van der Waals surface area contributed by atoms with Gasteiger partial charge in [-0.25, -0.2) is 0 Å². The fourth-order valence-electron chi connectivity index (χ4n) is 3.37. The summed E-state index contributed by atoms with van der Waals surface area (Å²) < 4.78 is 10.3. The van der Waals surface area contributed by atoms with Gasteiger partial charge in [0.1, 0.15) is 0 Å². The zero-order valence-electron chi connectivity index (χ0n) is 8.50. The summed E-state index contributed by atoms with van der Waals surface area (Å²) >= 11 is 0. The van der Waals surface area contributed by atoms with E-state index in [0.29, 0.717) is 5.92 Å². The third-order valence-electron chi connectivity index (χ3n) is 4.30. The Bertz CT molecular complexity index is 306. The van der Waals surface area contributed by atoms with Gasteiger partial charge >= 0.3 is 5.97 Å². The number of fused-ring (bicyclic) bond motifs is 2. The first-order valence-electron chi connectivity index (χ1n) is 5.07. The molecular weight excluding hydrogens is 182 g/mol. The lowest BCUT2D eigenvalue weighted by molar-refractivity contribution is -0.149. The normalized spacial score (nSPS) is 53.0. The van der Waals surface area contributed by atoms with Gasteiger partial charge in [0.2, 0.25) is 0 Å². The van der Waals surface area contributed by atoms with Crippen molar-refractivity contribution < 1.29 is 14.3 Å². The van der Waals surface area contributed by atoms with Crippen molar-refractivity contribution in [2.24, 2.45) is 11.3 Å². The molecule has 1 saturated heterocycles. The molecular formula is C10H15NO3. The van der Waals surface area contributed by atoms with Gasteiger partial charge in [-0.05, 0) is 25.3 Å². The maximum absolute atomic E-state index is 11.8. The maximum Gasteiger partial charge on any atom is 0.314 e. The molecule has 3 rings (SSSR count). The van der Waals surface area contributed by atoms with Gasteiger partial charge in [0.15, 0.2) is 0 Å². The summed E-state index contributed by atoms with van der Waals surface area (Å²) in [5.41, 5.74) is -0.331. The van der Waals surface area contributed by atoms with E-state index in [1.807, 2.05) is 0 Å². The molecule has 3 aliphatic rings. The highest BCUT2D eigenvalue weighted by molar-refractivity contribution is 5.85. The number of ether oxygens (including phenoxy) is 2. The maximum atomic E-state index is 11.8. The number of methoxy groups -OCH3 is 2. The second kappa shape index (κ2) is 2.31. The van der Waals surface area contributed by atoms with Crippen LogP contribution >= 0.6 is 0 Å². The summed E-state index contributed by atoms with van der Waals surface area (Å²) in [6, 6.07) is 0. The van der Waals surface area contributed by atoms with Crippen LogP contribution in [-0.4, -0.2) is 38.4 Å². The Balaban J connectivity index is 1.91. The van der Waals surface area contributed by atoms with E-state index in [1.54, 1.807) is 7.11 Å². The van der Waals surface area contributed by atoms with Gasteiger partial charge in [0.05, 0.1) is 24.2 Å².